The van der Waals surface area contributed by atoms with E-state index in [9.17, 15) is 4.79 Å². The molecule has 0 bridgehead atoms. The molecule has 1 unspecified atom stereocenters. The largest absolute Gasteiger partial charge is 0.497 e. The highest BCUT2D eigenvalue weighted by atomic mass is 16.5. The molecule has 0 saturated heterocycles. The van der Waals surface area contributed by atoms with Gasteiger partial charge >= 0.3 is 0 Å². The molecule has 0 saturated carbocycles. The van der Waals surface area contributed by atoms with E-state index in [1.165, 1.54) is 0 Å². The lowest BCUT2D eigenvalue weighted by Crippen LogP contribution is -2.19. The van der Waals surface area contributed by atoms with E-state index >= 15 is 0 Å². The maximum absolute atomic E-state index is 12.6. The van der Waals surface area contributed by atoms with Crippen molar-refractivity contribution in [1.82, 2.24) is 0 Å². The van der Waals surface area contributed by atoms with E-state index in [1.807, 2.05) is 43.3 Å². The summed E-state index contributed by atoms with van der Waals surface area (Å²) in [6, 6.07) is 20.9. The third-order valence-corrected chi connectivity index (χ3v) is 4.27. The van der Waals surface area contributed by atoms with Crippen molar-refractivity contribution < 1.29 is 9.53 Å². The molecule has 25 heavy (non-hydrogen) atoms. The monoisotopic (exact) mass is 330 g/mol. The van der Waals surface area contributed by atoms with Gasteiger partial charge in [0, 0.05) is 0 Å². The van der Waals surface area contributed by atoms with Gasteiger partial charge in [-0.3, -0.25) is 4.79 Å². The number of methoxy groups -OCH3 is 1. The van der Waals surface area contributed by atoms with Crippen molar-refractivity contribution >= 4 is 22.4 Å². The van der Waals surface area contributed by atoms with E-state index in [0.29, 0.717) is 11.3 Å². The summed E-state index contributed by atoms with van der Waals surface area (Å²) in [5.74, 6) is 0.327. The molecule has 0 aromatic heterocycles. The summed E-state index contributed by atoms with van der Waals surface area (Å²) in [5, 5.41) is 14.1. The zero-order valence-corrected chi connectivity index (χ0v) is 14.1. The Kier molecular flexibility index (Phi) is 4.67. The summed E-state index contributed by atoms with van der Waals surface area (Å²) in [5.41, 5.74) is 1.91. The maximum atomic E-state index is 12.6. The predicted molar refractivity (Wildman–Crippen MR) is 98.7 cm³/mol. The Morgan fingerprint density at radius 1 is 1.08 bits per heavy atom. The van der Waals surface area contributed by atoms with Gasteiger partial charge in [-0.15, -0.1) is 0 Å². The van der Waals surface area contributed by atoms with E-state index < -0.39 is 0 Å². The molecule has 3 aromatic carbocycles. The molecule has 0 radical (unpaired) electrons. The van der Waals surface area contributed by atoms with Crippen molar-refractivity contribution in [3.63, 3.8) is 0 Å². The fourth-order valence-corrected chi connectivity index (χ4v) is 2.72. The van der Waals surface area contributed by atoms with Gasteiger partial charge in [0.15, 0.2) is 0 Å². The molecule has 0 aliphatic rings. The molecule has 3 aromatic rings. The first-order valence-corrected chi connectivity index (χ1v) is 8.00. The number of para-hydroxylation sites is 1. The molecule has 0 aliphatic carbocycles. The van der Waals surface area contributed by atoms with Gasteiger partial charge in [-0.2, -0.15) is 5.26 Å². The van der Waals surface area contributed by atoms with Crippen molar-refractivity contribution in [2.24, 2.45) is 0 Å². The zero-order valence-electron chi connectivity index (χ0n) is 14.1. The minimum absolute atomic E-state index is 0.143. The number of carbonyl (C=O) groups is 1. The fourth-order valence-electron chi connectivity index (χ4n) is 2.72. The normalized spacial score (nSPS) is 11.6. The average Bonchev–Trinajstić information content (AvgIpc) is 2.66. The molecule has 0 heterocycles. The van der Waals surface area contributed by atoms with Crippen molar-refractivity contribution in [2.75, 3.05) is 12.4 Å². The Morgan fingerprint density at radius 3 is 2.56 bits per heavy atom. The predicted octanol–water partition coefficient (Wildman–Crippen LogP) is 4.46. The SMILES string of the molecule is COc1ccc2cc(C(C)C(=O)Nc3ccccc3C#N)ccc2c1. The van der Waals surface area contributed by atoms with E-state index in [4.69, 9.17) is 10.00 Å². The number of hydrogen-bond acceptors (Lipinski definition) is 3. The van der Waals surface area contributed by atoms with Gasteiger partial charge in [0.1, 0.15) is 11.8 Å². The summed E-state index contributed by atoms with van der Waals surface area (Å²) in [6.07, 6.45) is 0. The summed E-state index contributed by atoms with van der Waals surface area (Å²) in [6.45, 7) is 1.86. The highest BCUT2D eigenvalue weighted by molar-refractivity contribution is 5.97. The van der Waals surface area contributed by atoms with Gasteiger partial charge in [-0.05, 0) is 47.5 Å². The third kappa shape index (κ3) is 3.46. The van der Waals surface area contributed by atoms with Crippen molar-refractivity contribution in [1.29, 1.82) is 5.26 Å². The number of carbonyl (C=O) groups excluding carboxylic acids is 1. The second-order valence-electron chi connectivity index (χ2n) is 5.84. The quantitative estimate of drug-likeness (QED) is 0.768. The molecule has 124 valence electrons. The number of fused-ring (bicyclic) bond motifs is 1. The summed E-state index contributed by atoms with van der Waals surface area (Å²) in [4.78, 5) is 12.6. The minimum Gasteiger partial charge on any atom is -0.497 e. The van der Waals surface area contributed by atoms with E-state index in [0.717, 1.165) is 22.1 Å². The second kappa shape index (κ2) is 7.06. The lowest BCUT2D eigenvalue weighted by atomic mass is 9.96. The van der Waals surface area contributed by atoms with Gasteiger partial charge in [0.05, 0.1) is 24.3 Å². The van der Waals surface area contributed by atoms with Gasteiger partial charge in [-0.1, -0.05) is 36.4 Å². The first-order valence-electron chi connectivity index (χ1n) is 8.00. The molecule has 1 amide bonds. The molecular formula is C21H18N2O2. The van der Waals surface area contributed by atoms with Crippen LogP contribution in [-0.2, 0) is 4.79 Å². The standard InChI is InChI=1S/C21H18N2O2/c1-14(21(24)23-20-6-4-3-5-18(20)13-22)15-7-8-17-12-19(25-2)10-9-16(17)11-15/h3-12,14H,1-2H3,(H,23,24). The van der Waals surface area contributed by atoms with Crippen molar-refractivity contribution in [3.8, 4) is 11.8 Å². The number of rotatable bonds is 4. The molecule has 0 fully saturated rings. The molecule has 1 atom stereocenters. The Hall–Kier alpha value is -3.32. The van der Waals surface area contributed by atoms with E-state index in [-0.39, 0.29) is 11.8 Å². The molecule has 4 heteroatoms. The van der Waals surface area contributed by atoms with Crippen LogP contribution in [-0.4, -0.2) is 13.0 Å². The molecule has 0 spiro atoms. The molecule has 3 rings (SSSR count). The van der Waals surface area contributed by atoms with Gasteiger partial charge < -0.3 is 10.1 Å². The van der Waals surface area contributed by atoms with Crippen LogP contribution in [0, 0.1) is 11.3 Å². The molecule has 4 nitrogen and oxygen atoms in total. The molecule has 1 N–H and O–H groups in total. The average molecular weight is 330 g/mol. The highest BCUT2D eigenvalue weighted by Crippen LogP contribution is 2.26. The minimum atomic E-state index is -0.335. The number of amides is 1. The maximum Gasteiger partial charge on any atom is 0.231 e. The molecular weight excluding hydrogens is 312 g/mol. The van der Waals surface area contributed by atoms with Crippen LogP contribution in [0.1, 0.15) is 24.0 Å². The zero-order chi connectivity index (χ0) is 17.8. The van der Waals surface area contributed by atoms with Crippen LogP contribution in [0.5, 0.6) is 5.75 Å². The Labute approximate surface area is 146 Å². The summed E-state index contributed by atoms with van der Waals surface area (Å²) in [7, 11) is 1.64. The van der Waals surface area contributed by atoms with Gasteiger partial charge in [0.25, 0.3) is 0 Å². The van der Waals surface area contributed by atoms with Gasteiger partial charge in [0.2, 0.25) is 5.91 Å². The number of hydrogen-bond donors (Lipinski definition) is 1. The number of ether oxygens (including phenoxy) is 1. The Balaban J connectivity index is 1.84. The third-order valence-electron chi connectivity index (χ3n) is 4.27. The van der Waals surface area contributed by atoms with E-state index in [1.54, 1.807) is 31.4 Å². The second-order valence-corrected chi connectivity index (χ2v) is 5.84. The van der Waals surface area contributed by atoms with Crippen LogP contribution in [0.4, 0.5) is 5.69 Å². The first-order chi connectivity index (χ1) is 12.1. The van der Waals surface area contributed by atoms with Crippen LogP contribution in [0.2, 0.25) is 0 Å². The van der Waals surface area contributed by atoms with Gasteiger partial charge in [-0.25, -0.2) is 0 Å². The first kappa shape index (κ1) is 16.5. The van der Waals surface area contributed by atoms with Crippen molar-refractivity contribution in [2.45, 2.75) is 12.8 Å². The van der Waals surface area contributed by atoms with Crippen LogP contribution in [0.15, 0.2) is 60.7 Å². The molecule has 0 aliphatic heterocycles. The van der Waals surface area contributed by atoms with Crippen LogP contribution >= 0.6 is 0 Å². The topological polar surface area (TPSA) is 62.1 Å². The van der Waals surface area contributed by atoms with Crippen molar-refractivity contribution in [3.05, 3.63) is 71.8 Å². The Bertz CT molecular complexity index is 973. The highest BCUT2D eigenvalue weighted by Gasteiger charge is 2.17. The van der Waals surface area contributed by atoms with Crippen LogP contribution in [0.3, 0.4) is 0 Å². The lowest BCUT2D eigenvalue weighted by Gasteiger charge is -2.14. The summed E-state index contributed by atoms with van der Waals surface area (Å²) >= 11 is 0. The number of benzene rings is 3. The van der Waals surface area contributed by atoms with Crippen LogP contribution in [0.25, 0.3) is 10.8 Å². The smallest absolute Gasteiger partial charge is 0.231 e. The van der Waals surface area contributed by atoms with E-state index in [2.05, 4.69) is 11.4 Å². The number of anilines is 1. The number of nitrogens with one attached hydrogen (secondary N) is 1. The van der Waals surface area contributed by atoms with Crippen LogP contribution < -0.4 is 10.1 Å². The number of nitriles is 1. The number of nitrogens with zero attached hydrogens (tertiary/aromatic N) is 1. The fraction of sp³-hybridized carbons (Fsp3) is 0.143. The lowest BCUT2D eigenvalue weighted by molar-refractivity contribution is -0.117. The Morgan fingerprint density at radius 2 is 1.80 bits per heavy atom. The summed E-state index contributed by atoms with van der Waals surface area (Å²) < 4.78 is 5.24.